The minimum absolute atomic E-state index is 0.126. The molecule has 2 aromatic rings. The first-order valence-corrected chi connectivity index (χ1v) is 8.47. The van der Waals surface area contributed by atoms with Crippen LogP contribution in [-0.4, -0.2) is 49.6 Å². The summed E-state index contributed by atoms with van der Waals surface area (Å²) in [7, 11) is 3.35. The third-order valence-electron chi connectivity index (χ3n) is 4.40. The fourth-order valence-electron chi connectivity index (χ4n) is 2.90. The first-order valence-electron chi connectivity index (χ1n) is 8.47. The molecule has 5 nitrogen and oxygen atoms in total. The summed E-state index contributed by atoms with van der Waals surface area (Å²) in [5.41, 5.74) is 0.505. The molecule has 0 aliphatic carbocycles. The van der Waals surface area contributed by atoms with Crippen LogP contribution in [0, 0.1) is 0 Å². The van der Waals surface area contributed by atoms with E-state index in [0.717, 1.165) is 12.1 Å². The summed E-state index contributed by atoms with van der Waals surface area (Å²) in [5.74, 6) is 0.573. The molecule has 144 valence electrons. The monoisotopic (exact) mass is 379 g/mol. The standard InChI is InChI=1S/C19H20F3N3O2/c1-24(2)18(26)14-5-8-17(23-11-14)25-9-10-27-16(12-25)13-3-6-15(7-4-13)19(20,21)22/h3-8,11,16H,9-10,12H2,1-2H3. The number of pyridine rings is 1. The highest BCUT2D eigenvalue weighted by Crippen LogP contribution is 2.31. The van der Waals surface area contributed by atoms with Crippen molar-refractivity contribution in [3.05, 3.63) is 59.3 Å². The molecule has 1 fully saturated rings. The van der Waals surface area contributed by atoms with Crippen LogP contribution in [0.1, 0.15) is 27.6 Å². The number of halogens is 3. The van der Waals surface area contributed by atoms with Gasteiger partial charge < -0.3 is 14.5 Å². The number of hydrogen-bond donors (Lipinski definition) is 0. The van der Waals surface area contributed by atoms with Crippen LogP contribution in [0.25, 0.3) is 0 Å². The zero-order valence-electron chi connectivity index (χ0n) is 15.0. The van der Waals surface area contributed by atoms with Crippen molar-refractivity contribution in [1.82, 2.24) is 9.88 Å². The molecule has 1 amide bonds. The lowest BCUT2D eigenvalue weighted by Crippen LogP contribution is -2.38. The number of benzene rings is 1. The van der Waals surface area contributed by atoms with Crippen LogP contribution in [0.2, 0.25) is 0 Å². The molecule has 0 saturated carbocycles. The van der Waals surface area contributed by atoms with Crippen molar-refractivity contribution in [3.63, 3.8) is 0 Å². The number of rotatable bonds is 3. The number of nitrogens with zero attached hydrogens (tertiary/aromatic N) is 3. The Morgan fingerprint density at radius 3 is 2.44 bits per heavy atom. The van der Waals surface area contributed by atoms with Crippen LogP contribution < -0.4 is 4.90 Å². The van der Waals surface area contributed by atoms with Crippen molar-refractivity contribution in [2.75, 3.05) is 38.7 Å². The molecule has 1 unspecified atom stereocenters. The number of carbonyl (C=O) groups excluding carboxylic acids is 1. The molecule has 1 aliphatic rings. The Morgan fingerprint density at radius 1 is 1.19 bits per heavy atom. The summed E-state index contributed by atoms with van der Waals surface area (Å²) in [4.78, 5) is 19.8. The van der Waals surface area contributed by atoms with Crippen LogP contribution in [0.5, 0.6) is 0 Å². The number of amides is 1. The van der Waals surface area contributed by atoms with Crippen LogP contribution in [0.3, 0.4) is 0 Å². The highest BCUT2D eigenvalue weighted by atomic mass is 19.4. The molecule has 27 heavy (non-hydrogen) atoms. The van der Waals surface area contributed by atoms with Gasteiger partial charge in [-0.2, -0.15) is 13.2 Å². The fraction of sp³-hybridized carbons (Fsp3) is 0.368. The Balaban J connectivity index is 1.71. The van der Waals surface area contributed by atoms with E-state index in [-0.39, 0.29) is 12.0 Å². The third-order valence-corrected chi connectivity index (χ3v) is 4.40. The van der Waals surface area contributed by atoms with E-state index in [9.17, 15) is 18.0 Å². The third kappa shape index (κ3) is 4.39. The maximum atomic E-state index is 12.7. The molecule has 0 radical (unpaired) electrons. The van der Waals surface area contributed by atoms with Crippen LogP contribution in [0.4, 0.5) is 19.0 Å². The van der Waals surface area contributed by atoms with Gasteiger partial charge in [-0.3, -0.25) is 4.79 Å². The number of morpholine rings is 1. The molecule has 0 bridgehead atoms. The van der Waals surface area contributed by atoms with Gasteiger partial charge in [-0.15, -0.1) is 0 Å². The summed E-state index contributed by atoms with van der Waals surface area (Å²) in [5, 5.41) is 0. The van der Waals surface area contributed by atoms with E-state index >= 15 is 0 Å². The summed E-state index contributed by atoms with van der Waals surface area (Å²) in [6.07, 6.45) is -3.17. The normalized spacial score (nSPS) is 17.7. The Morgan fingerprint density at radius 2 is 1.89 bits per heavy atom. The van der Waals surface area contributed by atoms with Crippen LogP contribution in [-0.2, 0) is 10.9 Å². The lowest BCUT2D eigenvalue weighted by Gasteiger charge is -2.34. The van der Waals surface area contributed by atoms with E-state index in [0.29, 0.717) is 36.6 Å². The SMILES string of the molecule is CN(C)C(=O)c1ccc(N2CCOC(c3ccc(C(F)(F)F)cc3)C2)nc1. The molecular formula is C19H20F3N3O2. The van der Waals surface area contributed by atoms with E-state index in [1.165, 1.54) is 23.2 Å². The van der Waals surface area contributed by atoms with E-state index in [4.69, 9.17) is 4.74 Å². The van der Waals surface area contributed by atoms with Crippen LogP contribution in [0.15, 0.2) is 42.6 Å². The van der Waals surface area contributed by atoms with Gasteiger partial charge in [0.05, 0.1) is 17.7 Å². The van der Waals surface area contributed by atoms with Gasteiger partial charge >= 0.3 is 6.18 Å². The molecule has 0 spiro atoms. The predicted octanol–water partition coefficient (Wildman–Crippen LogP) is 3.38. The van der Waals surface area contributed by atoms with Crippen molar-refractivity contribution in [2.24, 2.45) is 0 Å². The smallest absolute Gasteiger partial charge is 0.370 e. The number of aromatic nitrogens is 1. The maximum Gasteiger partial charge on any atom is 0.416 e. The average Bonchev–Trinajstić information content (AvgIpc) is 2.67. The minimum atomic E-state index is -4.35. The van der Waals surface area contributed by atoms with Crippen LogP contribution >= 0.6 is 0 Å². The fourth-order valence-corrected chi connectivity index (χ4v) is 2.90. The molecule has 3 rings (SSSR count). The zero-order chi connectivity index (χ0) is 19.6. The maximum absolute atomic E-state index is 12.7. The quantitative estimate of drug-likeness (QED) is 0.820. The van der Waals surface area contributed by atoms with Gasteiger partial charge in [0.15, 0.2) is 0 Å². The zero-order valence-corrected chi connectivity index (χ0v) is 15.0. The number of carbonyl (C=O) groups is 1. The molecule has 8 heteroatoms. The summed E-state index contributed by atoms with van der Waals surface area (Å²) in [6, 6.07) is 8.51. The molecule has 1 atom stereocenters. The van der Waals surface area contributed by atoms with Crippen molar-refractivity contribution in [1.29, 1.82) is 0 Å². The summed E-state index contributed by atoms with van der Waals surface area (Å²) < 4.78 is 43.9. The first-order chi connectivity index (χ1) is 12.8. The van der Waals surface area contributed by atoms with Gasteiger partial charge in [0.25, 0.3) is 5.91 Å². The Bertz CT molecular complexity index is 789. The number of ether oxygens (including phenoxy) is 1. The average molecular weight is 379 g/mol. The summed E-state index contributed by atoms with van der Waals surface area (Å²) in [6.45, 7) is 1.52. The number of anilines is 1. The molecule has 1 aliphatic heterocycles. The van der Waals surface area contributed by atoms with E-state index in [1.807, 2.05) is 4.90 Å². The van der Waals surface area contributed by atoms with E-state index in [2.05, 4.69) is 4.98 Å². The van der Waals surface area contributed by atoms with Crippen molar-refractivity contribution < 1.29 is 22.7 Å². The van der Waals surface area contributed by atoms with E-state index < -0.39 is 11.7 Å². The van der Waals surface area contributed by atoms with E-state index in [1.54, 1.807) is 26.2 Å². The molecule has 0 N–H and O–H groups in total. The lowest BCUT2D eigenvalue weighted by molar-refractivity contribution is -0.137. The van der Waals surface area contributed by atoms with Gasteiger partial charge in [0.1, 0.15) is 11.9 Å². The molecule has 2 heterocycles. The van der Waals surface area contributed by atoms with Crippen molar-refractivity contribution >= 4 is 11.7 Å². The topological polar surface area (TPSA) is 45.7 Å². The highest BCUT2D eigenvalue weighted by Gasteiger charge is 2.31. The Hall–Kier alpha value is -2.61. The number of hydrogen-bond acceptors (Lipinski definition) is 4. The first kappa shape index (κ1) is 19.2. The minimum Gasteiger partial charge on any atom is -0.370 e. The number of alkyl halides is 3. The van der Waals surface area contributed by atoms with Gasteiger partial charge in [-0.1, -0.05) is 12.1 Å². The predicted molar refractivity (Wildman–Crippen MR) is 94.6 cm³/mol. The molecule has 1 aromatic carbocycles. The Kier molecular flexibility index (Phi) is 5.36. The molecule has 1 aromatic heterocycles. The Labute approximate surface area is 155 Å². The van der Waals surface area contributed by atoms with Gasteiger partial charge in [0.2, 0.25) is 0 Å². The van der Waals surface area contributed by atoms with Crippen molar-refractivity contribution in [3.8, 4) is 0 Å². The highest BCUT2D eigenvalue weighted by molar-refractivity contribution is 5.93. The second kappa shape index (κ2) is 7.56. The van der Waals surface area contributed by atoms with Crippen molar-refractivity contribution in [2.45, 2.75) is 12.3 Å². The van der Waals surface area contributed by atoms with Gasteiger partial charge in [0, 0.05) is 33.4 Å². The second-order valence-corrected chi connectivity index (χ2v) is 6.53. The largest absolute Gasteiger partial charge is 0.416 e. The molecular weight excluding hydrogens is 359 g/mol. The molecule has 1 saturated heterocycles. The van der Waals surface area contributed by atoms with Gasteiger partial charge in [-0.05, 0) is 29.8 Å². The summed E-state index contributed by atoms with van der Waals surface area (Å²) >= 11 is 0. The van der Waals surface area contributed by atoms with Gasteiger partial charge in [-0.25, -0.2) is 4.98 Å². The second-order valence-electron chi connectivity index (χ2n) is 6.53. The lowest BCUT2D eigenvalue weighted by atomic mass is 10.1.